The predicted octanol–water partition coefficient (Wildman–Crippen LogP) is 6.59. The quantitative estimate of drug-likeness (QED) is 0.434. The van der Waals surface area contributed by atoms with Gasteiger partial charge in [-0.1, -0.05) is 60.1 Å². The van der Waals surface area contributed by atoms with Gasteiger partial charge in [0.15, 0.2) is 11.6 Å². The summed E-state index contributed by atoms with van der Waals surface area (Å²) in [4.78, 5) is 27.8. The monoisotopic (exact) mass is 559 g/mol. The Kier molecular flexibility index (Phi) is 5.91. The first-order valence-electron chi connectivity index (χ1n) is 15.4. The van der Waals surface area contributed by atoms with Gasteiger partial charge >= 0.3 is 0 Å². The van der Waals surface area contributed by atoms with E-state index in [0.717, 1.165) is 50.5 Å². The van der Waals surface area contributed by atoms with Crippen LogP contribution in [0.4, 0.5) is 0 Å². The molecule has 1 aromatic rings. The summed E-state index contributed by atoms with van der Waals surface area (Å²) in [7, 11) is 0. The van der Waals surface area contributed by atoms with Gasteiger partial charge in [-0.3, -0.25) is 9.59 Å². The van der Waals surface area contributed by atoms with Crippen molar-refractivity contribution >= 4 is 11.6 Å². The molecule has 0 amide bonds. The number of hydrogen-bond acceptors (Lipinski definition) is 7. The Morgan fingerprint density at radius 3 is 2.34 bits per heavy atom. The number of nitrogens with zero attached hydrogens (tertiary/aromatic N) is 3. The zero-order valence-corrected chi connectivity index (χ0v) is 25.9. The van der Waals surface area contributed by atoms with E-state index in [1.165, 1.54) is 0 Å². The van der Waals surface area contributed by atoms with E-state index in [0.29, 0.717) is 5.89 Å². The molecule has 7 heteroatoms. The minimum absolute atomic E-state index is 0.0411. The standard InChI is InChI=1S/C34H45N3O4/c1-19(38)27-36-37-28(41-27)31(5)12-11-30(4)13-14-34(8)25(21(30)17-31)22(39)15-24-32(6)16-20(18-35)26(40)29(2,3)23(32)9-10-33(24,34)7/h15-16,19,21,23,25,38H,9-14,17H2,1-8H3/t19-,21-,23-,25-,30+,31-,32-,33+,34+/m0/s1. The average Bonchev–Trinajstić information content (AvgIpc) is 3.41. The van der Waals surface area contributed by atoms with Gasteiger partial charge in [-0.25, -0.2) is 0 Å². The van der Waals surface area contributed by atoms with Crippen LogP contribution in [0.15, 0.2) is 27.7 Å². The highest BCUT2D eigenvalue weighted by molar-refractivity contribution is 6.04. The lowest BCUT2D eigenvalue weighted by Crippen LogP contribution is -2.64. The van der Waals surface area contributed by atoms with E-state index in [1.54, 1.807) is 6.92 Å². The molecule has 5 aliphatic rings. The molecule has 0 spiro atoms. The summed E-state index contributed by atoms with van der Waals surface area (Å²) in [6, 6.07) is 2.19. The van der Waals surface area contributed by atoms with Crippen LogP contribution in [0.1, 0.15) is 118 Å². The lowest BCUT2D eigenvalue weighted by atomic mass is 9.34. The summed E-state index contributed by atoms with van der Waals surface area (Å²) >= 11 is 0. The van der Waals surface area contributed by atoms with E-state index in [4.69, 9.17) is 4.42 Å². The average molecular weight is 560 g/mol. The van der Waals surface area contributed by atoms with Crippen molar-refractivity contribution in [3.8, 4) is 6.07 Å². The van der Waals surface area contributed by atoms with E-state index < -0.39 is 16.9 Å². The van der Waals surface area contributed by atoms with Gasteiger partial charge in [0.05, 0.1) is 5.57 Å². The molecule has 1 N–H and O–H groups in total. The lowest BCUT2D eigenvalue weighted by molar-refractivity contribution is -0.166. The largest absolute Gasteiger partial charge is 0.422 e. The fraction of sp³-hybridized carbons (Fsp3) is 0.735. The molecule has 9 atom stereocenters. The Labute approximate surface area is 243 Å². The zero-order chi connectivity index (χ0) is 30.0. The summed E-state index contributed by atoms with van der Waals surface area (Å²) in [5.74, 6) is 0.979. The normalized spacial score (nSPS) is 45.7. The highest BCUT2D eigenvalue weighted by atomic mass is 16.4. The Bertz CT molecular complexity index is 1450. The van der Waals surface area contributed by atoms with Crippen molar-refractivity contribution in [3.63, 3.8) is 0 Å². The van der Waals surface area contributed by atoms with Crippen molar-refractivity contribution in [2.75, 3.05) is 0 Å². The smallest absolute Gasteiger partial charge is 0.244 e. The molecule has 3 fully saturated rings. The summed E-state index contributed by atoms with van der Waals surface area (Å²) in [5, 5.41) is 28.4. The minimum atomic E-state index is -0.817. The van der Waals surface area contributed by atoms with Crippen LogP contribution in [0, 0.1) is 56.2 Å². The van der Waals surface area contributed by atoms with Gasteiger partial charge in [-0.05, 0) is 86.0 Å². The molecule has 0 saturated heterocycles. The predicted molar refractivity (Wildman–Crippen MR) is 153 cm³/mol. The van der Waals surface area contributed by atoms with Gasteiger partial charge in [0, 0.05) is 22.2 Å². The van der Waals surface area contributed by atoms with Gasteiger partial charge in [-0.2, -0.15) is 5.26 Å². The maximum atomic E-state index is 14.5. The number of carbonyl (C=O) groups excluding carboxylic acids is 2. The molecule has 6 rings (SSSR count). The third kappa shape index (κ3) is 3.52. The van der Waals surface area contributed by atoms with Gasteiger partial charge in [0.25, 0.3) is 0 Å². The van der Waals surface area contributed by atoms with Gasteiger partial charge < -0.3 is 9.52 Å². The second-order valence-electron chi connectivity index (χ2n) is 15.9. The Balaban J connectivity index is 1.46. The SMILES string of the molecule is C[C@H](O)c1nnc([C@@]2(C)CC[C@]3(C)CC[C@]4(C)[C@H](C(=O)C=C5[C@@]6(C)C=C(C#N)C(=O)C(C)(C)[C@@H]6CC[C@]54C)[C@@H]3C2)o1. The molecule has 0 aromatic carbocycles. The molecule has 7 nitrogen and oxygen atoms in total. The number of nitriles is 1. The molecule has 1 aromatic heterocycles. The van der Waals surface area contributed by atoms with Crippen molar-refractivity contribution < 1.29 is 19.1 Å². The Hall–Kier alpha value is -2.59. The lowest BCUT2D eigenvalue weighted by Gasteiger charge is -2.69. The molecule has 1 heterocycles. The number of Topliss-reactive ketones (excluding diaryl/α,β-unsaturated/α-hetero) is 1. The molecule has 5 aliphatic carbocycles. The highest BCUT2D eigenvalue weighted by Crippen LogP contribution is 2.74. The fourth-order valence-corrected chi connectivity index (χ4v) is 10.6. The maximum absolute atomic E-state index is 14.5. The van der Waals surface area contributed by atoms with E-state index in [9.17, 15) is 20.0 Å². The second-order valence-corrected chi connectivity index (χ2v) is 15.9. The Morgan fingerprint density at radius 2 is 1.71 bits per heavy atom. The highest BCUT2D eigenvalue weighted by Gasteiger charge is 2.69. The molecule has 0 aliphatic heterocycles. The van der Waals surface area contributed by atoms with Crippen molar-refractivity contribution in [2.45, 2.75) is 112 Å². The molecular weight excluding hydrogens is 514 g/mol. The number of fused-ring (bicyclic) bond motifs is 7. The van der Waals surface area contributed by atoms with E-state index in [2.05, 4.69) is 50.9 Å². The van der Waals surface area contributed by atoms with Crippen LogP contribution in [0.2, 0.25) is 0 Å². The van der Waals surface area contributed by atoms with Gasteiger partial charge in [0.1, 0.15) is 12.2 Å². The van der Waals surface area contributed by atoms with Gasteiger partial charge in [-0.15, -0.1) is 10.2 Å². The topological polar surface area (TPSA) is 117 Å². The number of hydrogen-bond donors (Lipinski definition) is 1. The molecule has 220 valence electrons. The first kappa shape index (κ1) is 28.5. The molecular formula is C34H45N3O4. The zero-order valence-electron chi connectivity index (χ0n) is 25.9. The van der Waals surface area contributed by atoms with Crippen LogP contribution < -0.4 is 0 Å². The maximum Gasteiger partial charge on any atom is 0.244 e. The van der Waals surface area contributed by atoms with E-state index >= 15 is 0 Å². The summed E-state index contributed by atoms with van der Waals surface area (Å²) < 4.78 is 5.99. The van der Waals surface area contributed by atoms with E-state index in [1.807, 2.05) is 26.0 Å². The molecule has 41 heavy (non-hydrogen) atoms. The van der Waals surface area contributed by atoms with Crippen LogP contribution in [0.3, 0.4) is 0 Å². The van der Waals surface area contributed by atoms with Gasteiger partial charge in [0.2, 0.25) is 11.8 Å². The Morgan fingerprint density at radius 1 is 1.02 bits per heavy atom. The first-order valence-corrected chi connectivity index (χ1v) is 15.4. The summed E-state index contributed by atoms with van der Waals surface area (Å²) in [5.41, 5.74) is -0.643. The number of aliphatic hydroxyl groups excluding tert-OH is 1. The molecule has 0 radical (unpaired) electrons. The van der Waals surface area contributed by atoms with Crippen molar-refractivity contribution in [2.24, 2.45) is 44.8 Å². The number of ketones is 2. The molecule has 3 saturated carbocycles. The van der Waals surface area contributed by atoms with Crippen LogP contribution >= 0.6 is 0 Å². The fourth-order valence-electron chi connectivity index (χ4n) is 10.6. The second kappa shape index (κ2) is 8.49. The number of allylic oxidation sites excluding steroid dienone is 4. The summed E-state index contributed by atoms with van der Waals surface area (Å²) in [6.07, 6.45) is 9.57. The third-order valence-electron chi connectivity index (χ3n) is 13.4. The van der Waals surface area contributed by atoms with Crippen molar-refractivity contribution in [3.05, 3.63) is 35.1 Å². The number of aromatic nitrogens is 2. The third-order valence-corrected chi connectivity index (χ3v) is 13.4. The van der Waals surface area contributed by atoms with E-state index in [-0.39, 0.29) is 62.4 Å². The van der Waals surface area contributed by atoms with Crippen molar-refractivity contribution in [1.29, 1.82) is 5.26 Å². The van der Waals surface area contributed by atoms with Crippen LogP contribution in [0.5, 0.6) is 0 Å². The minimum Gasteiger partial charge on any atom is -0.422 e. The first-order chi connectivity index (χ1) is 19.0. The van der Waals surface area contributed by atoms with Crippen LogP contribution in [0.25, 0.3) is 0 Å². The van der Waals surface area contributed by atoms with Crippen LogP contribution in [-0.4, -0.2) is 26.9 Å². The number of rotatable bonds is 2. The van der Waals surface area contributed by atoms with Crippen molar-refractivity contribution in [1.82, 2.24) is 10.2 Å². The number of carbonyl (C=O) groups is 2. The summed E-state index contributed by atoms with van der Waals surface area (Å²) in [6.45, 7) is 17.0. The van der Waals surface area contributed by atoms with Crippen LogP contribution in [-0.2, 0) is 15.0 Å². The molecule has 0 unspecified atom stereocenters. The number of aliphatic hydroxyl groups is 1. The molecule has 0 bridgehead atoms.